The Kier molecular flexibility index (Phi) is 9.33. The molecule has 4 heteroatoms. The molecule has 1 radical (unpaired) electrons. The predicted octanol–water partition coefficient (Wildman–Crippen LogP) is -0.507. The van der Waals surface area contributed by atoms with Gasteiger partial charge in [0.05, 0.1) is 0 Å². The molecule has 29 valence electrons. The number of hydrogen-bond acceptors (Lipinski definition) is 2. The van der Waals surface area contributed by atoms with Gasteiger partial charge in [-0.25, -0.2) is 0 Å². The molecular weight excluding hydrogens is 121 g/mol. The fraction of sp³-hybridized carbons (Fsp3) is 1.00. The second-order valence-corrected chi connectivity index (χ2v) is 1.20. The molecule has 0 rings (SSSR count). The number of hydrogen-bond donors (Lipinski definition) is 0. The van der Waals surface area contributed by atoms with Crippen LogP contribution in [0, 0.1) is 0 Å². The third-order valence-electron chi connectivity index (χ3n) is 0. The number of rotatable bonds is 0. The maximum Gasteiger partial charge on any atom is 0 e. The second-order valence-electron chi connectivity index (χ2n) is 0.401. The molecule has 0 spiro atoms. The van der Waals surface area contributed by atoms with Crippen molar-refractivity contribution in [3.63, 3.8) is 0 Å². The molecule has 1 unspecified atom stereocenters. The van der Waals surface area contributed by atoms with Crippen LogP contribution >= 0.6 is 0 Å². The zero-order chi connectivity index (χ0) is 3.58. The van der Waals surface area contributed by atoms with Gasteiger partial charge in [0.2, 0.25) is 0 Å². The second kappa shape index (κ2) is 4.98. The van der Waals surface area contributed by atoms with Gasteiger partial charge in [-0.2, -0.15) is 0 Å². The van der Waals surface area contributed by atoms with Crippen LogP contribution in [0.4, 0.5) is 0 Å². The van der Waals surface area contributed by atoms with Gasteiger partial charge in [0, 0.05) is 25.8 Å². The summed E-state index contributed by atoms with van der Waals surface area (Å²) in [6, 6.07) is 0. The average molecular weight is 124 g/mol. The van der Waals surface area contributed by atoms with E-state index in [-0.39, 0.29) is 25.8 Å². The van der Waals surface area contributed by atoms with Crippen LogP contribution in [0.2, 0.25) is 0 Å². The monoisotopic (exact) mass is 124 g/mol. The fourth-order valence-electron chi connectivity index (χ4n) is 0. The van der Waals surface area contributed by atoms with Gasteiger partial charge in [0.1, 0.15) is 0 Å². The summed E-state index contributed by atoms with van der Waals surface area (Å²) < 4.78 is 18.0. The molecule has 0 bridgehead atoms. The summed E-state index contributed by atoms with van der Waals surface area (Å²) in [6.45, 7) is 0. The van der Waals surface area contributed by atoms with E-state index in [4.69, 9.17) is 8.76 Å². The van der Waals surface area contributed by atoms with Crippen LogP contribution in [0.1, 0.15) is 0 Å². The molecule has 0 aliphatic heterocycles. The van der Waals surface area contributed by atoms with Gasteiger partial charge in [-0.15, -0.1) is 0 Å². The first-order valence-corrected chi connectivity index (χ1v) is 2.22. The maximum absolute atomic E-state index is 9.00. The SMILES string of the molecule is CS(=O)[O-].[Sc]. The summed E-state index contributed by atoms with van der Waals surface area (Å²) >= 11 is -1.86. The van der Waals surface area contributed by atoms with Crippen LogP contribution in [0.25, 0.3) is 0 Å². The van der Waals surface area contributed by atoms with E-state index >= 15 is 0 Å². The summed E-state index contributed by atoms with van der Waals surface area (Å²) in [4.78, 5) is 0. The first-order chi connectivity index (χ1) is 1.73. The van der Waals surface area contributed by atoms with Gasteiger partial charge in [-0.05, 0) is 6.26 Å². The van der Waals surface area contributed by atoms with E-state index in [1.165, 1.54) is 0 Å². The van der Waals surface area contributed by atoms with Crippen LogP contribution in [0.5, 0.6) is 0 Å². The Labute approximate surface area is 52.0 Å². The molecule has 0 aliphatic carbocycles. The smallest absolute Gasteiger partial charge is 0 e. The molecule has 2 nitrogen and oxygen atoms in total. The minimum atomic E-state index is -1.86. The summed E-state index contributed by atoms with van der Waals surface area (Å²) in [5.74, 6) is 0. The largest absolute Gasteiger partial charge is 0.773 e. The molecule has 0 heterocycles. The summed E-state index contributed by atoms with van der Waals surface area (Å²) in [7, 11) is 0. The Balaban J connectivity index is 0. The van der Waals surface area contributed by atoms with Crippen molar-refractivity contribution in [3.8, 4) is 0 Å². The van der Waals surface area contributed by atoms with Crippen molar-refractivity contribution in [2.24, 2.45) is 0 Å². The third kappa shape index (κ3) is 46.0. The Hall–Kier alpha value is 0.980. The van der Waals surface area contributed by atoms with Crippen LogP contribution in [-0.2, 0) is 36.9 Å². The Morgan fingerprint density at radius 1 is 1.80 bits per heavy atom. The maximum atomic E-state index is 9.00. The van der Waals surface area contributed by atoms with Crippen molar-refractivity contribution < 1.29 is 34.6 Å². The molecule has 0 aliphatic rings. The molecule has 5 heavy (non-hydrogen) atoms. The molecule has 0 saturated carbocycles. The van der Waals surface area contributed by atoms with Crippen LogP contribution < -0.4 is 0 Å². The van der Waals surface area contributed by atoms with Gasteiger partial charge < -0.3 is 4.55 Å². The topological polar surface area (TPSA) is 40.1 Å². The van der Waals surface area contributed by atoms with Crippen LogP contribution in [-0.4, -0.2) is 15.0 Å². The molecule has 0 aromatic carbocycles. The minimum absolute atomic E-state index is 0. The van der Waals surface area contributed by atoms with Gasteiger partial charge >= 0.3 is 0 Å². The van der Waals surface area contributed by atoms with Crippen LogP contribution in [0.3, 0.4) is 0 Å². The Morgan fingerprint density at radius 3 is 1.80 bits per heavy atom. The van der Waals surface area contributed by atoms with Gasteiger partial charge in [-0.1, -0.05) is 11.1 Å². The first-order valence-electron chi connectivity index (χ1n) is 0.742. The van der Waals surface area contributed by atoms with Gasteiger partial charge in [0.25, 0.3) is 0 Å². The third-order valence-corrected chi connectivity index (χ3v) is 0. The van der Waals surface area contributed by atoms with Gasteiger partial charge in [-0.3, -0.25) is 4.21 Å². The predicted molar refractivity (Wildman–Crippen MR) is 14.8 cm³/mol. The van der Waals surface area contributed by atoms with Crippen molar-refractivity contribution in [2.45, 2.75) is 0 Å². The molecule has 0 fully saturated rings. The fourth-order valence-corrected chi connectivity index (χ4v) is 0. The molecule has 0 saturated heterocycles. The normalized spacial score (nSPS) is 12.4. The molecule has 0 N–H and O–H groups in total. The zero-order valence-electron chi connectivity index (χ0n) is 2.80. The summed E-state index contributed by atoms with van der Waals surface area (Å²) in [5.41, 5.74) is 0. The van der Waals surface area contributed by atoms with E-state index in [0.29, 0.717) is 0 Å². The van der Waals surface area contributed by atoms with E-state index in [9.17, 15) is 0 Å². The van der Waals surface area contributed by atoms with E-state index in [0.717, 1.165) is 6.26 Å². The summed E-state index contributed by atoms with van der Waals surface area (Å²) in [6.07, 6.45) is 1.08. The van der Waals surface area contributed by atoms with Crippen molar-refractivity contribution in [3.05, 3.63) is 0 Å². The van der Waals surface area contributed by atoms with Crippen molar-refractivity contribution in [2.75, 3.05) is 6.26 Å². The van der Waals surface area contributed by atoms with Crippen molar-refractivity contribution >= 4 is 11.1 Å². The molecule has 0 aromatic rings. The molecule has 0 amide bonds. The van der Waals surface area contributed by atoms with E-state index in [2.05, 4.69) is 0 Å². The first kappa shape index (κ1) is 9.36. The van der Waals surface area contributed by atoms with Gasteiger partial charge in [0.15, 0.2) is 0 Å². The zero-order valence-corrected chi connectivity index (χ0v) is 5.42. The standard InChI is InChI=1S/CH4O2S.Sc/c1-4(2)3;/h1H3,(H,2,3);/p-1. The van der Waals surface area contributed by atoms with E-state index in [1.54, 1.807) is 0 Å². The average Bonchev–Trinajstić information content (AvgIpc) is 0.811. The van der Waals surface area contributed by atoms with Crippen molar-refractivity contribution in [1.82, 2.24) is 0 Å². The van der Waals surface area contributed by atoms with Crippen LogP contribution in [0.15, 0.2) is 0 Å². The van der Waals surface area contributed by atoms with Crippen molar-refractivity contribution in [1.29, 1.82) is 0 Å². The van der Waals surface area contributed by atoms with E-state index < -0.39 is 11.1 Å². The summed E-state index contributed by atoms with van der Waals surface area (Å²) in [5, 5.41) is 0. The molecule has 0 aromatic heterocycles. The quantitative estimate of drug-likeness (QED) is 0.408. The minimum Gasteiger partial charge on any atom is -0.773 e. The Bertz CT molecular complexity index is 32.6. The molecular formula is CH3O2SSc-. The Morgan fingerprint density at radius 2 is 1.80 bits per heavy atom. The van der Waals surface area contributed by atoms with E-state index in [1.807, 2.05) is 0 Å². The molecule has 1 atom stereocenters.